The molecule has 3 heterocycles. The molecule has 5 N–H and O–H groups in total. The summed E-state index contributed by atoms with van der Waals surface area (Å²) in [5, 5.41) is 15.0. The lowest BCUT2D eigenvalue weighted by Crippen LogP contribution is -2.76. The molecule has 4 unspecified atom stereocenters. The predicted octanol–water partition coefficient (Wildman–Crippen LogP) is -1.36. The Morgan fingerprint density at radius 3 is 2.34 bits per heavy atom. The summed E-state index contributed by atoms with van der Waals surface area (Å²) < 4.78 is 67.5. The number of ether oxygens (including phenoxy) is 1. The van der Waals surface area contributed by atoms with E-state index in [2.05, 4.69) is 26.6 Å². The van der Waals surface area contributed by atoms with Crippen molar-refractivity contribution in [3.63, 3.8) is 0 Å². The van der Waals surface area contributed by atoms with Crippen LogP contribution in [0.15, 0.2) is 0 Å². The Morgan fingerprint density at radius 1 is 1.12 bits per heavy atom. The van der Waals surface area contributed by atoms with E-state index in [0.29, 0.717) is 39.0 Å². The van der Waals surface area contributed by atoms with Gasteiger partial charge < -0.3 is 14.2 Å². The number of nitrogens with one attached hydrogen (secondary N) is 5. The zero-order valence-corrected chi connectivity index (χ0v) is 18.8. The van der Waals surface area contributed by atoms with Crippen LogP contribution in [0.5, 0.6) is 0 Å². The normalized spacial score (nSPS) is 30.4. The number of hydrogen-bond donors (Lipinski definition) is 5. The maximum Gasteiger partial charge on any atom is 0.411 e. The molecule has 32 heavy (non-hydrogen) atoms. The van der Waals surface area contributed by atoms with Crippen LogP contribution < -0.4 is 26.6 Å². The second kappa shape index (κ2) is 11.0. The molecule has 1 amide bonds. The third-order valence-corrected chi connectivity index (χ3v) is 6.93. The van der Waals surface area contributed by atoms with Gasteiger partial charge in [0.15, 0.2) is 6.35 Å². The number of hydrogen-bond acceptors (Lipinski definition) is 9. The molecule has 3 fully saturated rings. The van der Waals surface area contributed by atoms with E-state index in [4.69, 9.17) is 4.74 Å². The molecule has 3 aliphatic heterocycles. The molecule has 4 atom stereocenters. The number of alkyl halides is 3. The highest BCUT2D eigenvalue weighted by atomic mass is 32.3. The van der Waals surface area contributed by atoms with Gasteiger partial charge in [0.25, 0.3) is 0 Å². The molecule has 0 aliphatic carbocycles. The van der Waals surface area contributed by atoms with Gasteiger partial charge in [-0.05, 0) is 25.7 Å². The standard InChI is InChI=1S/C17H32F3N7O4S/c1-32(29,30)27-8-4-12(5-9-27)22-15-23-14(21-10-13(28)26-6-2-3-7-26)24-16(25-15)31-11-17(18,19)20/h12,14-16,21-25H,2-11H2,1H3. The molecular weight excluding hydrogens is 455 g/mol. The third-order valence-electron chi connectivity index (χ3n) is 5.62. The van der Waals surface area contributed by atoms with Gasteiger partial charge in [0.1, 0.15) is 35.8 Å². The van der Waals surface area contributed by atoms with Crippen LogP contribution in [-0.2, 0) is 24.1 Å². The van der Waals surface area contributed by atoms with Crippen LogP contribution in [0.3, 0.4) is 0 Å². The van der Waals surface area contributed by atoms with Crippen LogP contribution in [0.2, 0.25) is 0 Å². The highest BCUT2D eigenvalue weighted by Crippen LogP contribution is 2.17. The van der Waals surface area contributed by atoms with E-state index >= 15 is 0 Å². The van der Waals surface area contributed by atoms with Gasteiger partial charge in [-0.3, -0.25) is 31.4 Å². The maximum atomic E-state index is 12.6. The summed E-state index contributed by atoms with van der Waals surface area (Å²) in [4.78, 5) is 14.0. The van der Waals surface area contributed by atoms with E-state index in [1.807, 2.05) is 0 Å². The van der Waals surface area contributed by atoms with E-state index in [9.17, 15) is 26.7 Å². The first-order chi connectivity index (χ1) is 15.0. The van der Waals surface area contributed by atoms with Gasteiger partial charge in [0.2, 0.25) is 5.91 Å². The van der Waals surface area contributed by atoms with Crippen molar-refractivity contribution in [3.05, 3.63) is 0 Å². The summed E-state index contributed by atoms with van der Waals surface area (Å²) >= 11 is 0. The minimum absolute atomic E-state index is 0.0239. The van der Waals surface area contributed by atoms with Crippen LogP contribution in [-0.4, -0.2) is 96.4 Å². The fourth-order valence-electron chi connectivity index (χ4n) is 3.96. The molecule has 15 heteroatoms. The summed E-state index contributed by atoms with van der Waals surface area (Å²) in [6.07, 6.45) is -2.70. The number of piperidine rings is 1. The Morgan fingerprint density at radius 2 is 1.75 bits per heavy atom. The van der Waals surface area contributed by atoms with E-state index in [1.54, 1.807) is 4.90 Å². The molecule has 3 saturated heterocycles. The zero-order valence-electron chi connectivity index (χ0n) is 18.0. The Kier molecular flexibility index (Phi) is 8.85. The summed E-state index contributed by atoms with van der Waals surface area (Å²) in [5.74, 6) is -0.0740. The van der Waals surface area contributed by atoms with Crippen LogP contribution in [0.1, 0.15) is 25.7 Å². The van der Waals surface area contributed by atoms with E-state index in [0.717, 1.165) is 12.8 Å². The van der Waals surface area contributed by atoms with Gasteiger partial charge in [-0.15, -0.1) is 4.31 Å². The molecular formula is C17H32F3N7O4S. The van der Waals surface area contributed by atoms with Crippen molar-refractivity contribution < 1.29 is 31.5 Å². The predicted molar refractivity (Wildman–Crippen MR) is 109 cm³/mol. The molecule has 3 aliphatic rings. The highest BCUT2D eigenvalue weighted by molar-refractivity contribution is 7.94. The van der Waals surface area contributed by atoms with Gasteiger partial charge >= 0.3 is 6.18 Å². The lowest BCUT2D eigenvalue weighted by Gasteiger charge is -2.41. The van der Waals surface area contributed by atoms with Gasteiger partial charge in [-0.1, -0.05) is 4.21 Å². The van der Waals surface area contributed by atoms with Gasteiger partial charge in [-0.25, -0.2) is 0 Å². The van der Waals surface area contributed by atoms with Crippen molar-refractivity contribution in [2.45, 2.75) is 56.8 Å². The summed E-state index contributed by atoms with van der Waals surface area (Å²) in [7, 11) is -3.25. The number of amides is 1. The minimum atomic E-state index is -4.48. The molecule has 0 aromatic rings. The third kappa shape index (κ3) is 8.14. The first kappa shape index (κ1) is 25.7. The minimum Gasteiger partial charge on any atom is -0.598 e. The Labute approximate surface area is 186 Å². The van der Waals surface area contributed by atoms with Gasteiger partial charge in [0, 0.05) is 32.2 Å². The largest absolute Gasteiger partial charge is 0.598 e. The molecule has 186 valence electrons. The molecule has 0 aromatic heterocycles. The molecule has 3 rings (SSSR count). The topological polar surface area (TPSA) is 133 Å². The van der Waals surface area contributed by atoms with Crippen molar-refractivity contribution in [1.29, 1.82) is 0 Å². The van der Waals surface area contributed by atoms with Gasteiger partial charge in [-0.2, -0.15) is 13.2 Å². The Hall–Kier alpha value is -0.910. The first-order valence-corrected chi connectivity index (χ1v) is 12.5. The molecule has 11 nitrogen and oxygen atoms in total. The number of sulfonamides is 1. The maximum absolute atomic E-state index is 12.6. The first-order valence-electron chi connectivity index (χ1n) is 10.7. The molecule has 0 radical (unpaired) electrons. The van der Waals surface area contributed by atoms with E-state index in [-0.39, 0.29) is 18.5 Å². The number of carbonyl (C=O) groups excluding carboxylic acids is 1. The average Bonchev–Trinajstić information content (AvgIpc) is 3.25. The SMILES string of the molecule is C[S+](=O)([O-])N1CCC(NC2NC(NCC(=O)N3CCCC3)NC(OCC(F)(F)F)N2)CC1. The fourth-order valence-corrected chi connectivity index (χ4v) is 4.83. The average molecular weight is 488 g/mol. The van der Waals surface area contributed by atoms with E-state index in [1.165, 1.54) is 10.6 Å². The quantitative estimate of drug-likeness (QED) is 0.263. The summed E-state index contributed by atoms with van der Waals surface area (Å²) in [6.45, 7) is 0.734. The molecule has 0 saturated carbocycles. The van der Waals surface area contributed by atoms with Crippen molar-refractivity contribution >= 4 is 16.3 Å². The molecule has 0 spiro atoms. The van der Waals surface area contributed by atoms with E-state index < -0.39 is 42.1 Å². The Balaban J connectivity index is 1.52. The fraction of sp³-hybridized carbons (Fsp3) is 0.941. The van der Waals surface area contributed by atoms with Crippen molar-refractivity contribution in [1.82, 2.24) is 35.8 Å². The number of halogens is 3. The smallest absolute Gasteiger partial charge is 0.411 e. The second-order valence-electron chi connectivity index (χ2n) is 8.24. The summed E-state index contributed by atoms with van der Waals surface area (Å²) in [6, 6.07) is -0.0498. The van der Waals surface area contributed by atoms with Crippen molar-refractivity contribution in [3.8, 4) is 0 Å². The van der Waals surface area contributed by atoms with Crippen LogP contribution in [0.25, 0.3) is 0 Å². The van der Waals surface area contributed by atoms with Crippen LogP contribution >= 0.6 is 0 Å². The van der Waals surface area contributed by atoms with Crippen molar-refractivity contribution in [2.24, 2.45) is 0 Å². The van der Waals surface area contributed by atoms with Crippen molar-refractivity contribution in [2.75, 3.05) is 45.6 Å². The monoisotopic (exact) mass is 487 g/mol. The Bertz CT molecular complexity index is 669. The summed E-state index contributed by atoms with van der Waals surface area (Å²) in [5.41, 5.74) is 0. The molecule has 0 aromatic carbocycles. The highest BCUT2D eigenvalue weighted by Gasteiger charge is 2.35. The van der Waals surface area contributed by atoms with Gasteiger partial charge in [0.05, 0.1) is 6.54 Å². The molecule has 0 bridgehead atoms. The second-order valence-corrected chi connectivity index (χ2v) is 10.2. The van der Waals surface area contributed by atoms with Crippen LogP contribution in [0, 0.1) is 0 Å². The number of nitrogens with zero attached hydrogens (tertiary/aromatic N) is 2. The number of likely N-dealkylation sites (tertiary alicyclic amines) is 1. The zero-order chi connectivity index (χ0) is 23.4. The lowest BCUT2D eigenvalue weighted by atomic mass is 10.1. The number of carbonyl (C=O) groups is 1. The lowest BCUT2D eigenvalue weighted by molar-refractivity contribution is -0.199. The van der Waals surface area contributed by atoms with Crippen LogP contribution in [0.4, 0.5) is 13.2 Å². The number of rotatable bonds is 8.